The molecule has 3 rings (SSSR count). The highest BCUT2D eigenvalue weighted by Gasteiger charge is 2.35. The van der Waals surface area contributed by atoms with Crippen molar-refractivity contribution in [2.75, 3.05) is 7.11 Å². The molecule has 5 nitrogen and oxygen atoms in total. The van der Waals surface area contributed by atoms with Crippen molar-refractivity contribution in [3.8, 4) is 5.75 Å². The van der Waals surface area contributed by atoms with Gasteiger partial charge in [0.2, 0.25) is 0 Å². The Kier molecular flexibility index (Phi) is 3.42. The lowest BCUT2D eigenvalue weighted by atomic mass is 10.1. The maximum Gasteiger partial charge on any atom is 0.282 e. The largest absolute Gasteiger partial charge is 0.494 e. The van der Waals surface area contributed by atoms with Crippen molar-refractivity contribution in [1.29, 1.82) is 0 Å². The van der Waals surface area contributed by atoms with E-state index in [1.165, 1.54) is 25.5 Å². The van der Waals surface area contributed by atoms with Crippen LogP contribution in [0.1, 0.15) is 26.3 Å². The number of hydrazone groups is 1. The number of rotatable bonds is 3. The smallest absolute Gasteiger partial charge is 0.282 e. The number of hydrogen-bond donors (Lipinski definition) is 0. The summed E-state index contributed by atoms with van der Waals surface area (Å²) in [6.45, 7) is 0. The minimum Gasteiger partial charge on any atom is -0.494 e. The van der Waals surface area contributed by atoms with E-state index in [1.54, 1.807) is 30.3 Å². The SMILES string of the molecule is COc1ccc(/C=N\N2C(=O)c3ccccc3C2=O)cc1F. The molecule has 6 heteroatoms. The number of halogens is 1. The van der Waals surface area contributed by atoms with Gasteiger partial charge in [0.25, 0.3) is 11.8 Å². The third-order valence-corrected chi connectivity index (χ3v) is 3.27. The minimum atomic E-state index is -0.547. The summed E-state index contributed by atoms with van der Waals surface area (Å²) in [5.41, 5.74) is 1.03. The quantitative estimate of drug-likeness (QED) is 0.646. The predicted octanol–water partition coefficient (Wildman–Crippen LogP) is 2.46. The molecule has 2 amide bonds. The number of nitrogens with zero attached hydrogens (tertiary/aromatic N) is 2. The third kappa shape index (κ3) is 2.24. The van der Waals surface area contributed by atoms with E-state index in [1.807, 2.05) is 0 Å². The Labute approximate surface area is 125 Å². The van der Waals surface area contributed by atoms with Crippen molar-refractivity contribution in [1.82, 2.24) is 5.01 Å². The van der Waals surface area contributed by atoms with Crippen LogP contribution in [0.2, 0.25) is 0 Å². The maximum absolute atomic E-state index is 13.6. The van der Waals surface area contributed by atoms with Gasteiger partial charge in [-0.1, -0.05) is 12.1 Å². The highest BCUT2D eigenvalue weighted by Crippen LogP contribution is 2.23. The van der Waals surface area contributed by atoms with Gasteiger partial charge in [-0.3, -0.25) is 9.59 Å². The van der Waals surface area contributed by atoms with Crippen molar-refractivity contribution in [2.24, 2.45) is 5.10 Å². The molecule has 2 aromatic rings. The van der Waals surface area contributed by atoms with E-state index in [0.717, 1.165) is 5.01 Å². The van der Waals surface area contributed by atoms with Gasteiger partial charge in [0.05, 0.1) is 24.5 Å². The van der Waals surface area contributed by atoms with E-state index in [0.29, 0.717) is 16.7 Å². The average Bonchev–Trinajstić information content (AvgIpc) is 2.77. The Hall–Kier alpha value is -3.02. The first-order valence-corrected chi connectivity index (χ1v) is 6.47. The molecule has 2 aromatic carbocycles. The maximum atomic E-state index is 13.6. The first-order valence-electron chi connectivity index (χ1n) is 6.47. The topological polar surface area (TPSA) is 59.0 Å². The van der Waals surface area contributed by atoms with Crippen LogP contribution in [-0.4, -0.2) is 30.1 Å². The van der Waals surface area contributed by atoms with Crippen LogP contribution in [-0.2, 0) is 0 Å². The summed E-state index contributed by atoms with van der Waals surface area (Å²) in [6.07, 6.45) is 1.25. The van der Waals surface area contributed by atoms with Crippen molar-refractivity contribution in [3.05, 3.63) is 65.0 Å². The Morgan fingerprint density at radius 3 is 2.27 bits per heavy atom. The highest BCUT2D eigenvalue weighted by atomic mass is 19.1. The molecule has 0 unspecified atom stereocenters. The molecule has 0 bridgehead atoms. The van der Waals surface area contributed by atoms with Gasteiger partial charge in [-0.05, 0) is 35.9 Å². The van der Waals surface area contributed by atoms with Crippen LogP contribution in [0.4, 0.5) is 4.39 Å². The molecule has 0 saturated carbocycles. The fraction of sp³-hybridized carbons (Fsp3) is 0.0625. The number of methoxy groups -OCH3 is 1. The number of benzene rings is 2. The first kappa shape index (κ1) is 13.9. The van der Waals surface area contributed by atoms with E-state index in [4.69, 9.17) is 4.74 Å². The molecule has 0 fully saturated rings. The molecule has 0 aliphatic carbocycles. The molecular weight excluding hydrogens is 287 g/mol. The summed E-state index contributed by atoms with van der Waals surface area (Å²) in [4.78, 5) is 24.2. The van der Waals surface area contributed by atoms with Crippen molar-refractivity contribution < 1.29 is 18.7 Å². The number of imide groups is 1. The van der Waals surface area contributed by atoms with Gasteiger partial charge in [0.15, 0.2) is 11.6 Å². The summed E-state index contributed by atoms with van der Waals surface area (Å²) in [7, 11) is 1.37. The second-order valence-corrected chi connectivity index (χ2v) is 4.61. The number of carbonyl (C=O) groups excluding carboxylic acids is 2. The average molecular weight is 298 g/mol. The Balaban J connectivity index is 1.87. The van der Waals surface area contributed by atoms with Crippen LogP contribution < -0.4 is 4.74 Å². The monoisotopic (exact) mass is 298 g/mol. The van der Waals surface area contributed by atoms with Crippen LogP contribution in [0.25, 0.3) is 0 Å². The fourth-order valence-corrected chi connectivity index (χ4v) is 2.17. The molecule has 0 saturated heterocycles. The van der Waals surface area contributed by atoms with Crippen LogP contribution in [0.5, 0.6) is 5.75 Å². The van der Waals surface area contributed by atoms with Gasteiger partial charge in [0, 0.05) is 0 Å². The van der Waals surface area contributed by atoms with E-state index in [-0.39, 0.29) is 5.75 Å². The Bertz CT molecular complexity index is 767. The second-order valence-electron chi connectivity index (χ2n) is 4.61. The molecule has 0 aromatic heterocycles. The Morgan fingerprint density at radius 1 is 1.09 bits per heavy atom. The summed E-state index contributed by atoms with van der Waals surface area (Å²) >= 11 is 0. The van der Waals surface area contributed by atoms with Gasteiger partial charge in [-0.2, -0.15) is 10.1 Å². The zero-order chi connectivity index (χ0) is 15.7. The molecule has 110 valence electrons. The van der Waals surface area contributed by atoms with Crippen LogP contribution in [0, 0.1) is 5.82 Å². The second kappa shape index (κ2) is 5.40. The summed E-state index contributed by atoms with van der Waals surface area (Å²) in [6, 6.07) is 10.7. The summed E-state index contributed by atoms with van der Waals surface area (Å²) in [5.74, 6) is -1.43. The van der Waals surface area contributed by atoms with E-state index < -0.39 is 17.6 Å². The molecule has 0 N–H and O–H groups in total. The fourth-order valence-electron chi connectivity index (χ4n) is 2.17. The van der Waals surface area contributed by atoms with Gasteiger partial charge in [-0.15, -0.1) is 0 Å². The molecule has 0 atom stereocenters. The number of fused-ring (bicyclic) bond motifs is 1. The van der Waals surface area contributed by atoms with E-state index in [9.17, 15) is 14.0 Å². The van der Waals surface area contributed by atoms with Gasteiger partial charge < -0.3 is 4.74 Å². The lowest BCUT2D eigenvalue weighted by Crippen LogP contribution is -2.24. The van der Waals surface area contributed by atoms with Crippen molar-refractivity contribution >= 4 is 18.0 Å². The lowest BCUT2D eigenvalue weighted by Gasteiger charge is -2.06. The molecule has 0 radical (unpaired) electrons. The van der Waals surface area contributed by atoms with Gasteiger partial charge >= 0.3 is 0 Å². The van der Waals surface area contributed by atoms with Crippen molar-refractivity contribution in [2.45, 2.75) is 0 Å². The molecule has 1 heterocycles. The van der Waals surface area contributed by atoms with Gasteiger partial charge in [0.1, 0.15) is 0 Å². The van der Waals surface area contributed by atoms with Crippen LogP contribution in [0.3, 0.4) is 0 Å². The normalized spacial score (nSPS) is 13.8. The number of carbonyl (C=O) groups is 2. The van der Waals surface area contributed by atoms with E-state index in [2.05, 4.69) is 5.10 Å². The summed E-state index contributed by atoms with van der Waals surface area (Å²) in [5, 5.41) is 4.64. The zero-order valence-corrected chi connectivity index (χ0v) is 11.6. The van der Waals surface area contributed by atoms with E-state index >= 15 is 0 Å². The van der Waals surface area contributed by atoms with Crippen molar-refractivity contribution in [3.63, 3.8) is 0 Å². The number of ether oxygens (including phenoxy) is 1. The highest BCUT2D eigenvalue weighted by molar-refractivity contribution is 6.21. The third-order valence-electron chi connectivity index (χ3n) is 3.27. The van der Waals surface area contributed by atoms with Gasteiger partial charge in [-0.25, -0.2) is 4.39 Å². The van der Waals surface area contributed by atoms with Crippen LogP contribution in [0.15, 0.2) is 47.6 Å². The lowest BCUT2D eigenvalue weighted by molar-refractivity contribution is 0.0660. The minimum absolute atomic E-state index is 0.109. The first-order chi connectivity index (χ1) is 10.6. The zero-order valence-electron chi connectivity index (χ0n) is 11.6. The predicted molar refractivity (Wildman–Crippen MR) is 77.5 cm³/mol. The molecule has 0 spiro atoms. The number of hydrogen-bond acceptors (Lipinski definition) is 4. The Morgan fingerprint density at radius 2 is 1.73 bits per heavy atom. The van der Waals surface area contributed by atoms with Crippen LogP contribution >= 0.6 is 0 Å². The molecular formula is C16H11FN2O3. The number of amides is 2. The molecule has 1 aliphatic heterocycles. The standard InChI is InChI=1S/C16H11FN2O3/c1-22-14-7-6-10(8-13(14)17)9-18-19-15(20)11-4-2-3-5-12(11)16(19)21/h2-9H,1H3/b18-9-. The molecule has 22 heavy (non-hydrogen) atoms. The summed E-state index contributed by atoms with van der Waals surface area (Å²) < 4.78 is 18.4. The molecule has 1 aliphatic rings.